The Balaban J connectivity index is 0. The smallest absolute Gasteiger partial charge is 0.450 e. The second-order valence-corrected chi connectivity index (χ2v) is 2.19. The van der Waals surface area contributed by atoms with Crippen LogP contribution >= 0.6 is 0 Å². The fourth-order valence-corrected chi connectivity index (χ4v) is 0.533. The Labute approximate surface area is 76.8 Å². The molecular formula is C7H17NO5. The van der Waals surface area contributed by atoms with Gasteiger partial charge in [-0.25, -0.2) is 4.79 Å². The van der Waals surface area contributed by atoms with Crippen LogP contribution in [0, 0.1) is 0 Å². The van der Waals surface area contributed by atoms with E-state index in [0.717, 1.165) is 25.9 Å². The molecule has 0 amide bonds. The molecule has 0 aromatic rings. The number of hydrogen-bond acceptors (Lipinski definition) is 4. The van der Waals surface area contributed by atoms with Crippen LogP contribution in [-0.2, 0) is 0 Å². The van der Waals surface area contributed by atoms with E-state index in [1.807, 2.05) is 0 Å². The summed E-state index contributed by atoms with van der Waals surface area (Å²) in [7, 11) is 0. The monoisotopic (exact) mass is 195 g/mol. The quantitative estimate of drug-likeness (QED) is 0.368. The molecule has 80 valence electrons. The maximum Gasteiger partial charge on any atom is 0.503 e. The van der Waals surface area contributed by atoms with Crippen molar-refractivity contribution in [2.45, 2.75) is 12.8 Å². The summed E-state index contributed by atoms with van der Waals surface area (Å²) in [5.41, 5.74) is 0. The van der Waals surface area contributed by atoms with Gasteiger partial charge in [0.2, 0.25) is 0 Å². The van der Waals surface area contributed by atoms with E-state index in [0.29, 0.717) is 0 Å². The predicted molar refractivity (Wildman–Crippen MR) is 46.9 cm³/mol. The van der Waals surface area contributed by atoms with E-state index in [2.05, 4.69) is 5.32 Å². The summed E-state index contributed by atoms with van der Waals surface area (Å²) in [4.78, 5) is 8.56. The SMILES string of the molecule is O=C(O)O.OCCCNCCCO. The molecule has 0 saturated heterocycles. The van der Waals surface area contributed by atoms with E-state index in [-0.39, 0.29) is 13.2 Å². The standard InChI is InChI=1S/C6H15NO2.CH2O3/c8-5-1-3-7-4-2-6-9;2-1(3)4/h7-9H,1-6H2;(H2,2,3,4). The number of hydrogen-bond donors (Lipinski definition) is 5. The molecule has 0 saturated carbocycles. The molecule has 13 heavy (non-hydrogen) atoms. The van der Waals surface area contributed by atoms with E-state index >= 15 is 0 Å². The third kappa shape index (κ3) is 35.2. The minimum atomic E-state index is -1.83. The van der Waals surface area contributed by atoms with Crippen LogP contribution in [0.15, 0.2) is 0 Å². The predicted octanol–water partition coefficient (Wildman–Crippen LogP) is -0.437. The Morgan fingerprint density at radius 1 is 1.00 bits per heavy atom. The average molecular weight is 195 g/mol. The number of rotatable bonds is 6. The summed E-state index contributed by atoms with van der Waals surface area (Å²) < 4.78 is 0. The summed E-state index contributed by atoms with van der Waals surface area (Å²) >= 11 is 0. The van der Waals surface area contributed by atoms with Gasteiger partial charge in [0.25, 0.3) is 0 Å². The van der Waals surface area contributed by atoms with Crippen LogP contribution in [0.5, 0.6) is 0 Å². The highest BCUT2D eigenvalue weighted by atomic mass is 16.6. The third-order valence-corrected chi connectivity index (χ3v) is 1.02. The van der Waals surface area contributed by atoms with E-state index in [9.17, 15) is 0 Å². The Morgan fingerprint density at radius 2 is 1.31 bits per heavy atom. The molecule has 0 unspecified atom stereocenters. The first kappa shape index (κ1) is 14.7. The lowest BCUT2D eigenvalue weighted by Gasteiger charge is -1.99. The fraction of sp³-hybridized carbons (Fsp3) is 0.857. The van der Waals surface area contributed by atoms with Gasteiger partial charge in [0.05, 0.1) is 0 Å². The molecular weight excluding hydrogens is 178 g/mol. The normalized spacial score (nSPS) is 8.77. The molecule has 6 nitrogen and oxygen atoms in total. The molecule has 0 radical (unpaired) electrons. The van der Waals surface area contributed by atoms with Crippen molar-refractivity contribution in [3.05, 3.63) is 0 Å². The van der Waals surface area contributed by atoms with Crippen molar-refractivity contribution in [3.63, 3.8) is 0 Å². The molecule has 0 aromatic carbocycles. The Hall–Kier alpha value is -0.850. The van der Waals surface area contributed by atoms with Gasteiger partial charge in [0, 0.05) is 13.2 Å². The number of nitrogens with one attached hydrogen (secondary N) is 1. The van der Waals surface area contributed by atoms with Crippen LogP contribution < -0.4 is 5.32 Å². The maximum absolute atomic E-state index is 8.56. The largest absolute Gasteiger partial charge is 0.503 e. The van der Waals surface area contributed by atoms with Gasteiger partial charge in [-0.15, -0.1) is 0 Å². The van der Waals surface area contributed by atoms with Gasteiger partial charge >= 0.3 is 6.16 Å². The summed E-state index contributed by atoms with van der Waals surface area (Å²) in [6.07, 6.45) is -0.239. The highest BCUT2D eigenvalue weighted by Gasteiger charge is 1.84. The van der Waals surface area contributed by atoms with Gasteiger partial charge in [0.1, 0.15) is 0 Å². The molecule has 0 fully saturated rings. The summed E-state index contributed by atoms with van der Waals surface area (Å²) in [5.74, 6) is 0. The van der Waals surface area contributed by atoms with Crippen LogP contribution in [0.25, 0.3) is 0 Å². The van der Waals surface area contributed by atoms with Crippen LogP contribution in [-0.4, -0.2) is 52.9 Å². The lowest BCUT2D eigenvalue weighted by molar-refractivity contribution is 0.137. The molecule has 5 N–H and O–H groups in total. The molecule has 0 aliphatic rings. The van der Waals surface area contributed by atoms with Crippen molar-refractivity contribution in [1.29, 1.82) is 0 Å². The molecule has 0 heterocycles. The van der Waals surface area contributed by atoms with Gasteiger partial charge in [-0.1, -0.05) is 0 Å². The van der Waals surface area contributed by atoms with Crippen molar-refractivity contribution < 1.29 is 25.2 Å². The Kier molecular flexibility index (Phi) is 15.5. The van der Waals surface area contributed by atoms with Crippen molar-refractivity contribution in [2.24, 2.45) is 0 Å². The van der Waals surface area contributed by atoms with Crippen molar-refractivity contribution in [2.75, 3.05) is 26.3 Å². The zero-order chi connectivity index (χ0) is 10.5. The van der Waals surface area contributed by atoms with Gasteiger partial charge < -0.3 is 25.7 Å². The molecule has 0 aliphatic heterocycles. The topological polar surface area (TPSA) is 110 Å². The zero-order valence-corrected chi connectivity index (χ0v) is 7.44. The van der Waals surface area contributed by atoms with E-state index in [4.69, 9.17) is 25.2 Å². The van der Waals surface area contributed by atoms with Crippen LogP contribution in [0.1, 0.15) is 12.8 Å². The molecule has 6 heteroatoms. The second-order valence-electron chi connectivity index (χ2n) is 2.19. The molecule has 0 spiro atoms. The molecule has 0 aromatic heterocycles. The lowest BCUT2D eigenvalue weighted by Crippen LogP contribution is -2.18. The number of aliphatic hydroxyl groups is 2. The lowest BCUT2D eigenvalue weighted by atomic mass is 10.4. The number of aliphatic hydroxyl groups excluding tert-OH is 2. The second kappa shape index (κ2) is 13.7. The molecule has 0 bridgehead atoms. The summed E-state index contributed by atoms with van der Waals surface area (Å²) in [6, 6.07) is 0. The van der Waals surface area contributed by atoms with E-state index in [1.54, 1.807) is 0 Å². The van der Waals surface area contributed by atoms with Crippen molar-refractivity contribution in [3.8, 4) is 0 Å². The van der Waals surface area contributed by atoms with E-state index < -0.39 is 6.16 Å². The van der Waals surface area contributed by atoms with Gasteiger partial charge in [-0.05, 0) is 25.9 Å². The first-order valence-electron chi connectivity index (χ1n) is 3.99. The Bertz CT molecular complexity index is 99.1. The fourth-order valence-electron chi connectivity index (χ4n) is 0.533. The van der Waals surface area contributed by atoms with E-state index in [1.165, 1.54) is 0 Å². The van der Waals surface area contributed by atoms with Crippen LogP contribution in [0.2, 0.25) is 0 Å². The average Bonchev–Trinajstić information content (AvgIpc) is 2.03. The van der Waals surface area contributed by atoms with Gasteiger partial charge in [-0.2, -0.15) is 0 Å². The van der Waals surface area contributed by atoms with Crippen molar-refractivity contribution in [1.82, 2.24) is 5.32 Å². The first-order valence-corrected chi connectivity index (χ1v) is 3.99. The first-order chi connectivity index (χ1) is 6.15. The Morgan fingerprint density at radius 3 is 1.54 bits per heavy atom. The van der Waals surface area contributed by atoms with Crippen LogP contribution in [0.4, 0.5) is 4.79 Å². The molecule has 0 rings (SSSR count). The number of carbonyl (C=O) groups is 1. The minimum Gasteiger partial charge on any atom is -0.450 e. The summed E-state index contributed by atoms with van der Waals surface area (Å²) in [5, 5.41) is 33.7. The van der Waals surface area contributed by atoms with Gasteiger partial charge in [0.15, 0.2) is 0 Å². The summed E-state index contributed by atoms with van der Waals surface area (Å²) in [6.45, 7) is 2.17. The highest BCUT2D eigenvalue weighted by molar-refractivity contribution is 5.53. The zero-order valence-electron chi connectivity index (χ0n) is 7.44. The molecule has 0 aliphatic carbocycles. The maximum atomic E-state index is 8.56. The number of carboxylic acid groups (broad SMARTS) is 2. The third-order valence-electron chi connectivity index (χ3n) is 1.02. The highest BCUT2D eigenvalue weighted by Crippen LogP contribution is 1.74. The molecule has 0 atom stereocenters. The van der Waals surface area contributed by atoms with Crippen LogP contribution in [0.3, 0.4) is 0 Å². The minimum absolute atomic E-state index is 0.242. The van der Waals surface area contributed by atoms with Crippen molar-refractivity contribution >= 4 is 6.16 Å². The van der Waals surface area contributed by atoms with Gasteiger partial charge in [-0.3, -0.25) is 0 Å².